The molecule has 1 saturated carbocycles. The Morgan fingerprint density at radius 2 is 1.72 bits per heavy atom. The van der Waals surface area contributed by atoms with E-state index in [1.807, 2.05) is 18.2 Å². The molecule has 5 nitrogen and oxygen atoms in total. The standard InChI is InChI=1S/C27H32N2O3/c1-18(30)29-22(15-19-9-4-3-5-10-19)23-16-27(2)24(13-8-14-25(27)29)28(23)17-20-11-6-7-12-21(20)26(31)32/h3-7,9-12,22-25H,8,13-17H2,1-2H3,(H,31,32)/t22-,23-,24-,25+,27-/m0/s1. The predicted molar refractivity (Wildman–Crippen MR) is 123 cm³/mol. The van der Waals surface area contributed by atoms with Crippen LogP contribution in [0.4, 0.5) is 0 Å². The second-order valence-electron chi connectivity index (χ2n) is 10.1. The number of aromatic carboxylic acids is 1. The fourth-order valence-corrected chi connectivity index (χ4v) is 7.07. The fourth-order valence-electron chi connectivity index (χ4n) is 7.07. The molecule has 5 heteroatoms. The van der Waals surface area contributed by atoms with Crippen molar-refractivity contribution in [3.05, 3.63) is 71.3 Å². The Bertz CT molecular complexity index is 1020. The van der Waals surface area contributed by atoms with E-state index in [9.17, 15) is 14.7 Å². The van der Waals surface area contributed by atoms with Crippen LogP contribution in [0.2, 0.25) is 0 Å². The van der Waals surface area contributed by atoms with Gasteiger partial charge in [-0.05, 0) is 49.3 Å². The monoisotopic (exact) mass is 432 g/mol. The van der Waals surface area contributed by atoms with Gasteiger partial charge in [-0.1, -0.05) is 55.5 Å². The van der Waals surface area contributed by atoms with Crippen LogP contribution < -0.4 is 0 Å². The summed E-state index contributed by atoms with van der Waals surface area (Å²) in [5, 5.41) is 9.74. The first-order chi connectivity index (χ1) is 15.4. The smallest absolute Gasteiger partial charge is 0.336 e. The fraction of sp³-hybridized carbons (Fsp3) is 0.481. The molecular weight excluding hydrogens is 400 g/mol. The number of benzene rings is 2. The lowest BCUT2D eigenvalue weighted by atomic mass is 9.64. The van der Waals surface area contributed by atoms with E-state index >= 15 is 0 Å². The van der Waals surface area contributed by atoms with E-state index < -0.39 is 5.97 Å². The molecule has 168 valence electrons. The first kappa shape index (κ1) is 21.2. The van der Waals surface area contributed by atoms with E-state index in [0.29, 0.717) is 18.2 Å². The molecule has 0 aromatic heterocycles. The zero-order valence-electron chi connectivity index (χ0n) is 18.9. The molecule has 2 heterocycles. The van der Waals surface area contributed by atoms with Crippen LogP contribution in [-0.4, -0.2) is 51.0 Å². The molecule has 3 fully saturated rings. The van der Waals surface area contributed by atoms with Gasteiger partial charge in [0.25, 0.3) is 0 Å². The Hall–Kier alpha value is -2.66. The molecule has 5 atom stereocenters. The maximum atomic E-state index is 13.0. The van der Waals surface area contributed by atoms with E-state index in [0.717, 1.165) is 37.7 Å². The lowest BCUT2D eigenvalue weighted by molar-refractivity contribution is -0.142. The number of carboxylic acids is 1. The van der Waals surface area contributed by atoms with Crippen molar-refractivity contribution >= 4 is 11.9 Å². The van der Waals surface area contributed by atoms with Gasteiger partial charge in [-0.2, -0.15) is 0 Å². The van der Waals surface area contributed by atoms with E-state index in [1.165, 1.54) is 5.56 Å². The Morgan fingerprint density at radius 3 is 2.44 bits per heavy atom. The number of amides is 1. The molecule has 2 saturated heterocycles. The molecule has 2 aliphatic heterocycles. The van der Waals surface area contributed by atoms with Gasteiger partial charge in [-0.3, -0.25) is 9.69 Å². The number of carbonyl (C=O) groups is 2. The highest BCUT2D eigenvalue weighted by Gasteiger charge is 2.63. The number of carbonyl (C=O) groups excluding carboxylic acids is 1. The van der Waals surface area contributed by atoms with E-state index in [4.69, 9.17) is 0 Å². The average molecular weight is 433 g/mol. The summed E-state index contributed by atoms with van der Waals surface area (Å²) in [7, 11) is 0. The molecule has 1 amide bonds. The van der Waals surface area contributed by atoms with Gasteiger partial charge < -0.3 is 10.0 Å². The third-order valence-corrected chi connectivity index (χ3v) is 8.34. The lowest BCUT2D eigenvalue weighted by Crippen LogP contribution is -2.62. The first-order valence-electron chi connectivity index (χ1n) is 11.8. The molecule has 0 unspecified atom stereocenters. The van der Waals surface area contributed by atoms with Crippen LogP contribution in [0, 0.1) is 5.41 Å². The average Bonchev–Trinajstić information content (AvgIpc) is 3.06. The summed E-state index contributed by atoms with van der Waals surface area (Å²) in [5.41, 5.74) is 2.56. The SMILES string of the molecule is CC(=O)N1[C@@H](Cc2ccccc2)[C@@H]2C[C@@]3(C)[C@H](CCC[C@@H]13)N2Cc1ccccc1C(=O)O. The number of fused-ring (bicyclic) bond motifs is 1. The summed E-state index contributed by atoms with van der Waals surface area (Å²) in [6, 6.07) is 18.8. The van der Waals surface area contributed by atoms with Crippen LogP contribution in [0.25, 0.3) is 0 Å². The summed E-state index contributed by atoms with van der Waals surface area (Å²) in [4.78, 5) is 29.6. The van der Waals surface area contributed by atoms with Gasteiger partial charge in [0.1, 0.15) is 0 Å². The molecule has 2 aromatic carbocycles. The minimum absolute atomic E-state index is 0.0555. The van der Waals surface area contributed by atoms with Gasteiger partial charge in [0.2, 0.25) is 5.91 Å². The van der Waals surface area contributed by atoms with Crippen molar-refractivity contribution in [2.24, 2.45) is 5.41 Å². The topological polar surface area (TPSA) is 60.9 Å². The minimum atomic E-state index is -0.873. The summed E-state index contributed by atoms with van der Waals surface area (Å²) < 4.78 is 0. The number of piperidine rings is 1. The highest BCUT2D eigenvalue weighted by molar-refractivity contribution is 5.89. The highest BCUT2D eigenvalue weighted by Crippen LogP contribution is 2.56. The molecule has 3 aliphatic rings. The number of carboxylic acid groups (broad SMARTS) is 1. The number of hydrogen-bond acceptors (Lipinski definition) is 3. The van der Waals surface area contributed by atoms with Crippen molar-refractivity contribution in [2.45, 2.75) is 76.7 Å². The highest BCUT2D eigenvalue weighted by atomic mass is 16.4. The van der Waals surface area contributed by atoms with E-state index in [2.05, 4.69) is 41.0 Å². The first-order valence-corrected chi connectivity index (χ1v) is 11.8. The number of hydrogen-bond donors (Lipinski definition) is 1. The third kappa shape index (κ3) is 3.34. The molecule has 2 aromatic rings. The lowest BCUT2D eigenvalue weighted by Gasteiger charge is -2.53. The van der Waals surface area contributed by atoms with Crippen LogP contribution in [0.1, 0.15) is 61.0 Å². The third-order valence-electron chi connectivity index (χ3n) is 8.34. The Balaban J connectivity index is 1.56. The van der Waals surface area contributed by atoms with Crippen LogP contribution >= 0.6 is 0 Å². The zero-order chi connectivity index (χ0) is 22.5. The Morgan fingerprint density at radius 1 is 1.03 bits per heavy atom. The van der Waals surface area contributed by atoms with Crippen LogP contribution in [0.3, 0.4) is 0 Å². The van der Waals surface area contributed by atoms with Gasteiger partial charge in [-0.15, -0.1) is 0 Å². The molecule has 2 bridgehead atoms. The van der Waals surface area contributed by atoms with Crippen LogP contribution in [0.15, 0.2) is 54.6 Å². The summed E-state index contributed by atoms with van der Waals surface area (Å²) in [6.45, 7) is 4.71. The molecule has 5 rings (SSSR count). The molecule has 1 aliphatic carbocycles. The number of nitrogens with zero attached hydrogens (tertiary/aromatic N) is 2. The number of rotatable bonds is 5. The normalized spacial score (nSPS) is 31.5. The van der Waals surface area contributed by atoms with Gasteiger partial charge in [0.05, 0.1) is 11.6 Å². The predicted octanol–water partition coefficient (Wildman–Crippen LogP) is 4.36. The van der Waals surface area contributed by atoms with Gasteiger partial charge >= 0.3 is 5.97 Å². The van der Waals surface area contributed by atoms with Crippen molar-refractivity contribution in [1.29, 1.82) is 0 Å². The van der Waals surface area contributed by atoms with Gasteiger partial charge in [0.15, 0.2) is 0 Å². The minimum Gasteiger partial charge on any atom is -0.478 e. The molecular formula is C27H32N2O3. The second-order valence-corrected chi connectivity index (χ2v) is 10.1. The van der Waals surface area contributed by atoms with Crippen molar-refractivity contribution in [1.82, 2.24) is 9.80 Å². The van der Waals surface area contributed by atoms with Gasteiger partial charge in [0, 0.05) is 37.0 Å². The summed E-state index contributed by atoms with van der Waals surface area (Å²) in [5.74, 6) is -0.706. The molecule has 32 heavy (non-hydrogen) atoms. The van der Waals surface area contributed by atoms with Gasteiger partial charge in [-0.25, -0.2) is 4.79 Å². The largest absolute Gasteiger partial charge is 0.478 e. The van der Waals surface area contributed by atoms with Crippen molar-refractivity contribution in [3.8, 4) is 0 Å². The number of likely N-dealkylation sites (tertiary alicyclic amines) is 2. The maximum absolute atomic E-state index is 13.0. The summed E-state index contributed by atoms with van der Waals surface area (Å²) in [6.07, 6.45) is 5.18. The van der Waals surface area contributed by atoms with Crippen molar-refractivity contribution < 1.29 is 14.7 Å². The Labute approximate surface area is 190 Å². The van der Waals surface area contributed by atoms with Crippen LogP contribution in [0.5, 0.6) is 0 Å². The molecule has 0 spiro atoms. The molecule has 1 N–H and O–H groups in total. The van der Waals surface area contributed by atoms with E-state index in [-0.39, 0.29) is 29.4 Å². The molecule has 0 radical (unpaired) electrons. The second kappa shape index (κ2) is 8.04. The Kier molecular flexibility index (Phi) is 5.32. The van der Waals surface area contributed by atoms with Crippen LogP contribution in [-0.2, 0) is 17.8 Å². The quantitative estimate of drug-likeness (QED) is 0.763. The zero-order valence-corrected chi connectivity index (χ0v) is 18.9. The van der Waals surface area contributed by atoms with Crippen molar-refractivity contribution in [2.75, 3.05) is 0 Å². The van der Waals surface area contributed by atoms with E-state index in [1.54, 1.807) is 19.1 Å². The maximum Gasteiger partial charge on any atom is 0.336 e. The summed E-state index contributed by atoms with van der Waals surface area (Å²) >= 11 is 0. The van der Waals surface area contributed by atoms with Crippen molar-refractivity contribution in [3.63, 3.8) is 0 Å².